The highest BCUT2D eigenvalue weighted by Crippen LogP contribution is 2.24. The molecule has 0 amide bonds. The van der Waals surface area contributed by atoms with Crippen molar-refractivity contribution in [2.45, 2.75) is 52.2 Å². The van der Waals surface area contributed by atoms with E-state index in [1.807, 2.05) is 6.92 Å². The smallest absolute Gasteiger partial charge is 0.0764 e. The molecule has 0 radical (unpaired) electrons. The van der Waals surface area contributed by atoms with Crippen molar-refractivity contribution in [2.75, 3.05) is 19.8 Å². The fraction of sp³-hybridized carbons (Fsp3) is 1.00. The van der Waals surface area contributed by atoms with Crippen LogP contribution in [0.3, 0.4) is 0 Å². The highest BCUT2D eigenvalue weighted by atomic mass is 16.5. The van der Waals surface area contributed by atoms with Crippen LogP contribution in [0.15, 0.2) is 0 Å². The second-order valence-corrected chi connectivity index (χ2v) is 5.23. The lowest BCUT2D eigenvalue weighted by atomic mass is 9.87. The third kappa shape index (κ3) is 4.92. The van der Waals surface area contributed by atoms with Gasteiger partial charge in [-0.3, -0.25) is 11.3 Å². The molecular formula is C13H28N2O2. The molecular weight excluding hydrogens is 216 g/mol. The van der Waals surface area contributed by atoms with Gasteiger partial charge in [0.15, 0.2) is 0 Å². The van der Waals surface area contributed by atoms with Crippen molar-refractivity contribution in [3.63, 3.8) is 0 Å². The van der Waals surface area contributed by atoms with Crippen LogP contribution >= 0.6 is 0 Å². The molecule has 1 fully saturated rings. The Kier molecular flexibility index (Phi) is 7.04. The Hall–Kier alpha value is -0.160. The van der Waals surface area contributed by atoms with Crippen molar-refractivity contribution >= 4 is 0 Å². The number of nitrogens with one attached hydrogen (secondary N) is 1. The van der Waals surface area contributed by atoms with Gasteiger partial charge in [-0.05, 0) is 38.0 Å². The minimum Gasteiger partial charge on any atom is -0.381 e. The first kappa shape index (κ1) is 14.9. The van der Waals surface area contributed by atoms with Crippen LogP contribution in [0.4, 0.5) is 0 Å². The molecule has 2 unspecified atom stereocenters. The maximum atomic E-state index is 5.82. The fourth-order valence-corrected chi connectivity index (χ4v) is 2.60. The third-order valence-corrected chi connectivity index (χ3v) is 3.55. The summed E-state index contributed by atoms with van der Waals surface area (Å²) in [7, 11) is 0. The lowest BCUT2D eigenvalue weighted by Gasteiger charge is -2.33. The van der Waals surface area contributed by atoms with E-state index in [4.69, 9.17) is 15.3 Å². The summed E-state index contributed by atoms with van der Waals surface area (Å²) in [6.45, 7) is 8.95. The molecule has 0 aliphatic carbocycles. The monoisotopic (exact) mass is 244 g/mol. The van der Waals surface area contributed by atoms with Gasteiger partial charge < -0.3 is 9.47 Å². The molecule has 0 aromatic rings. The quantitative estimate of drug-likeness (QED) is 0.528. The van der Waals surface area contributed by atoms with Gasteiger partial charge in [0.05, 0.1) is 6.10 Å². The second kappa shape index (κ2) is 8.03. The molecule has 4 nitrogen and oxygen atoms in total. The molecule has 1 rings (SSSR count). The first-order valence-corrected chi connectivity index (χ1v) is 6.84. The molecule has 1 aliphatic heterocycles. The van der Waals surface area contributed by atoms with E-state index in [2.05, 4.69) is 19.3 Å². The average molecular weight is 244 g/mol. The fourth-order valence-electron chi connectivity index (χ4n) is 2.60. The maximum Gasteiger partial charge on any atom is 0.0764 e. The van der Waals surface area contributed by atoms with Gasteiger partial charge >= 0.3 is 0 Å². The predicted octanol–water partition coefficient (Wildman–Crippen LogP) is 1.70. The van der Waals surface area contributed by atoms with Crippen molar-refractivity contribution in [3.8, 4) is 0 Å². The molecule has 4 heteroatoms. The molecule has 0 spiro atoms. The third-order valence-electron chi connectivity index (χ3n) is 3.55. The molecule has 1 aliphatic rings. The summed E-state index contributed by atoms with van der Waals surface area (Å²) < 4.78 is 11.2. The number of rotatable bonds is 7. The van der Waals surface area contributed by atoms with Gasteiger partial charge in [-0.2, -0.15) is 0 Å². The van der Waals surface area contributed by atoms with Crippen LogP contribution in [0, 0.1) is 11.8 Å². The van der Waals surface area contributed by atoms with Crippen LogP contribution in [-0.2, 0) is 9.47 Å². The Labute approximate surface area is 105 Å². The van der Waals surface area contributed by atoms with Crippen molar-refractivity contribution in [2.24, 2.45) is 17.7 Å². The molecule has 17 heavy (non-hydrogen) atoms. The highest BCUT2D eigenvalue weighted by Gasteiger charge is 2.27. The summed E-state index contributed by atoms with van der Waals surface area (Å²) in [5.41, 5.74) is 2.95. The van der Waals surface area contributed by atoms with Gasteiger partial charge in [0, 0.05) is 25.9 Å². The Bertz CT molecular complexity index is 194. The number of ether oxygens (including phenoxy) is 2. The molecule has 0 aromatic heterocycles. The minimum absolute atomic E-state index is 0.202. The van der Waals surface area contributed by atoms with E-state index < -0.39 is 0 Å². The van der Waals surface area contributed by atoms with Gasteiger partial charge in [0.1, 0.15) is 0 Å². The Balaban J connectivity index is 2.48. The van der Waals surface area contributed by atoms with E-state index in [0.29, 0.717) is 11.8 Å². The van der Waals surface area contributed by atoms with Crippen LogP contribution in [0.5, 0.6) is 0 Å². The number of hydrogen-bond donors (Lipinski definition) is 2. The highest BCUT2D eigenvalue weighted by molar-refractivity contribution is 4.81. The van der Waals surface area contributed by atoms with Crippen LogP contribution in [0.1, 0.15) is 40.0 Å². The summed E-state index contributed by atoms with van der Waals surface area (Å²) in [4.78, 5) is 0. The van der Waals surface area contributed by atoms with Crippen molar-refractivity contribution in [1.29, 1.82) is 0 Å². The van der Waals surface area contributed by atoms with Crippen LogP contribution in [-0.4, -0.2) is 32.0 Å². The van der Waals surface area contributed by atoms with Crippen molar-refractivity contribution in [1.82, 2.24) is 5.43 Å². The van der Waals surface area contributed by atoms with E-state index >= 15 is 0 Å². The van der Waals surface area contributed by atoms with Gasteiger partial charge in [-0.15, -0.1) is 0 Å². The average Bonchev–Trinajstić information content (AvgIpc) is 2.34. The van der Waals surface area contributed by atoms with E-state index in [1.165, 1.54) is 0 Å². The van der Waals surface area contributed by atoms with E-state index in [-0.39, 0.29) is 12.1 Å². The van der Waals surface area contributed by atoms with Crippen LogP contribution in [0.25, 0.3) is 0 Å². The number of nitrogens with two attached hydrogens (primary N) is 1. The molecule has 1 saturated heterocycles. The predicted molar refractivity (Wildman–Crippen MR) is 69.5 cm³/mol. The second-order valence-electron chi connectivity index (χ2n) is 5.23. The zero-order valence-electron chi connectivity index (χ0n) is 11.4. The van der Waals surface area contributed by atoms with E-state index in [0.717, 1.165) is 39.1 Å². The first-order chi connectivity index (χ1) is 8.19. The summed E-state index contributed by atoms with van der Waals surface area (Å²) in [5, 5.41) is 0. The molecule has 102 valence electrons. The summed E-state index contributed by atoms with van der Waals surface area (Å²) >= 11 is 0. The maximum absolute atomic E-state index is 5.82. The molecule has 1 heterocycles. The van der Waals surface area contributed by atoms with Crippen molar-refractivity contribution < 1.29 is 9.47 Å². The topological polar surface area (TPSA) is 56.5 Å². The van der Waals surface area contributed by atoms with Gasteiger partial charge in [-0.1, -0.05) is 13.8 Å². The molecule has 2 atom stereocenters. The lowest BCUT2D eigenvalue weighted by Crippen LogP contribution is -2.48. The Morgan fingerprint density at radius 1 is 1.35 bits per heavy atom. The zero-order valence-corrected chi connectivity index (χ0v) is 11.4. The van der Waals surface area contributed by atoms with E-state index in [1.54, 1.807) is 0 Å². The lowest BCUT2D eigenvalue weighted by molar-refractivity contribution is -0.0104. The number of hydrogen-bond acceptors (Lipinski definition) is 4. The summed E-state index contributed by atoms with van der Waals surface area (Å²) in [6.07, 6.45) is 3.58. The van der Waals surface area contributed by atoms with E-state index in [9.17, 15) is 0 Å². The summed E-state index contributed by atoms with van der Waals surface area (Å²) in [6, 6.07) is 0.248. The van der Waals surface area contributed by atoms with Gasteiger partial charge in [0.2, 0.25) is 0 Å². The SMILES string of the molecule is CCOC(C(C)C)C(CC1CCOCC1)NN. The molecule has 0 bridgehead atoms. The Morgan fingerprint density at radius 2 is 2.00 bits per heavy atom. The minimum atomic E-state index is 0.202. The van der Waals surface area contributed by atoms with Gasteiger partial charge in [-0.25, -0.2) is 0 Å². The normalized spacial score (nSPS) is 21.7. The van der Waals surface area contributed by atoms with Gasteiger partial charge in [0.25, 0.3) is 0 Å². The standard InChI is InChI=1S/C13H28N2O2/c1-4-17-13(10(2)3)12(15-14)9-11-5-7-16-8-6-11/h10-13,15H,4-9,14H2,1-3H3. The first-order valence-electron chi connectivity index (χ1n) is 6.84. The largest absolute Gasteiger partial charge is 0.381 e. The summed E-state index contributed by atoms with van der Waals surface area (Å²) in [5.74, 6) is 6.89. The molecule has 3 N–H and O–H groups in total. The van der Waals surface area contributed by atoms with Crippen LogP contribution in [0.2, 0.25) is 0 Å². The van der Waals surface area contributed by atoms with Crippen LogP contribution < -0.4 is 11.3 Å². The molecule has 0 saturated carbocycles. The molecule has 0 aromatic carbocycles. The van der Waals surface area contributed by atoms with Crippen molar-refractivity contribution in [3.05, 3.63) is 0 Å². The number of hydrazine groups is 1. The zero-order chi connectivity index (χ0) is 12.7. The Morgan fingerprint density at radius 3 is 2.47 bits per heavy atom.